The van der Waals surface area contributed by atoms with Crippen molar-refractivity contribution in [2.75, 3.05) is 24.5 Å². The minimum atomic E-state index is 0.0145. The first-order chi connectivity index (χ1) is 9.11. The summed E-state index contributed by atoms with van der Waals surface area (Å²) < 4.78 is 0. The monoisotopic (exact) mass is 261 g/mol. The van der Waals surface area contributed by atoms with Gasteiger partial charge in [-0.3, -0.25) is 9.59 Å². The van der Waals surface area contributed by atoms with E-state index in [4.69, 9.17) is 0 Å². The molecule has 1 N–H and O–H groups in total. The Bertz CT molecular complexity index is 470. The highest BCUT2D eigenvalue weighted by Gasteiger charge is 2.28. The summed E-state index contributed by atoms with van der Waals surface area (Å²) in [7, 11) is 0. The van der Waals surface area contributed by atoms with E-state index in [1.54, 1.807) is 12.3 Å². The Balaban J connectivity index is 2.00. The van der Waals surface area contributed by atoms with Gasteiger partial charge in [0.05, 0.1) is 5.92 Å². The first kappa shape index (κ1) is 13.5. The molecule has 0 radical (unpaired) electrons. The van der Waals surface area contributed by atoms with Crippen LogP contribution < -0.4 is 10.2 Å². The van der Waals surface area contributed by atoms with Gasteiger partial charge in [-0.05, 0) is 32.4 Å². The van der Waals surface area contributed by atoms with Crippen molar-refractivity contribution < 1.29 is 9.59 Å². The smallest absolute Gasteiger partial charge is 0.224 e. The molecule has 5 nitrogen and oxygen atoms in total. The molecule has 1 amide bonds. The first-order valence-corrected chi connectivity index (χ1v) is 6.61. The fourth-order valence-corrected chi connectivity index (χ4v) is 2.28. The summed E-state index contributed by atoms with van der Waals surface area (Å²) in [4.78, 5) is 29.3. The van der Waals surface area contributed by atoms with Crippen LogP contribution in [-0.2, 0) is 4.79 Å². The van der Waals surface area contributed by atoms with Crippen LogP contribution in [0.15, 0.2) is 18.3 Å². The quantitative estimate of drug-likeness (QED) is 0.828. The molecule has 1 fully saturated rings. The third-order valence-electron chi connectivity index (χ3n) is 3.39. The molecule has 1 aliphatic heterocycles. The number of anilines is 1. The van der Waals surface area contributed by atoms with Gasteiger partial charge < -0.3 is 10.2 Å². The minimum Gasteiger partial charge on any atom is -0.356 e. The molecule has 5 heteroatoms. The van der Waals surface area contributed by atoms with Gasteiger partial charge in [0.2, 0.25) is 5.91 Å². The number of nitrogens with one attached hydrogen (secondary N) is 1. The highest BCUT2D eigenvalue weighted by molar-refractivity contribution is 5.93. The van der Waals surface area contributed by atoms with E-state index in [-0.39, 0.29) is 17.6 Å². The zero-order valence-corrected chi connectivity index (χ0v) is 11.3. The third-order valence-corrected chi connectivity index (χ3v) is 3.39. The molecule has 0 spiro atoms. The predicted octanol–water partition coefficient (Wildman–Crippen LogP) is 1.25. The fraction of sp³-hybridized carbons (Fsp3) is 0.500. The van der Waals surface area contributed by atoms with Crippen molar-refractivity contribution in [3.63, 3.8) is 0 Å². The summed E-state index contributed by atoms with van der Waals surface area (Å²) in [6, 6.07) is 3.63. The normalized spacial score (nSPS) is 18.4. The fourth-order valence-electron chi connectivity index (χ4n) is 2.28. The highest BCUT2D eigenvalue weighted by atomic mass is 16.2. The maximum Gasteiger partial charge on any atom is 0.224 e. The average molecular weight is 261 g/mol. The predicted molar refractivity (Wildman–Crippen MR) is 73.2 cm³/mol. The minimum absolute atomic E-state index is 0.0145. The lowest BCUT2D eigenvalue weighted by Gasteiger charge is -2.17. The van der Waals surface area contributed by atoms with E-state index in [9.17, 15) is 9.59 Å². The summed E-state index contributed by atoms with van der Waals surface area (Å²) >= 11 is 0. The number of pyridine rings is 1. The van der Waals surface area contributed by atoms with Gasteiger partial charge in [-0.1, -0.05) is 0 Å². The SMILES string of the molecule is CCNC(=O)C1CCN(c2ccc(C(C)=O)cn2)C1. The van der Waals surface area contributed by atoms with Crippen molar-refractivity contribution in [3.05, 3.63) is 23.9 Å². The van der Waals surface area contributed by atoms with E-state index in [1.807, 2.05) is 13.0 Å². The zero-order chi connectivity index (χ0) is 13.8. The maximum atomic E-state index is 11.8. The van der Waals surface area contributed by atoms with Crippen LogP contribution in [-0.4, -0.2) is 36.3 Å². The number of amides is 1. The van der Waals surface area contributed by atoms with E-state index in [1.165, 1.54) is 6.92 Å². The van der Waals surface area contributed by atoms with Crippen LogP contribution in [0.2, 0.25) is 0 Å². The van der Waals surface area contributed by atoms with Crippen LogP contribution in [0.5, 0.6) is 0 Å². The Hall–Kier alpha value is -1.91. The number of hydrogen-bond donors (Lipinski definition) is 1. The van der Waals surface area contributed by atoms with Crippen LogP contribution in [0, 0.1) is 5.92 Å². The van der Waals surface area contributed by atoms with Crippen molar-refractivity contribution in [2.45, 2.75) is 20.3 Å². The van der Waals surface area contributed by atoms with Crippen molar-refractivity contribution >= 4 is 17.5 Å². The molecule has 1 aliphatic rings. The van der Waals surface area contributed by atoms with Crippen molar-refractivity contribution in [1.82, 2.24) is 10.3 Å². The van der Waals surface area contributed by atoms with Crippen LogP contribution in [0.1, 0.15) is 30.6 Å². The van der Waals surface area contributed by atoms with Crippen LogP contribution in [0.4, 0.5) is 5.82 Å². The number of carbonyl (C=O) groups is 2. The van der Waals surface area contributed by atoms with Gasteiger partial charge in [0.15, 0.2) is 5.78 Å². The van der Waals surface area contributed by atoms with Crippen molar-refractivity contribution in [3.8, 4) is 0 Å². The lowest BCUT2D eigenvalue weighted by molar-refractivity contribution is -0.124. The van der Waals surface area contributed by atoms with E-state index >= 15 is 0 Å². The third kappa shape index (κ3) is 3.10. The van der Waals surface area contributed by atoms with Gasteiger partial charge in [-0.25, -0.2) is 4.98 Å². The maximum absolute atomic E-state index is 11.8. The lowest BCUT2D eigenvalue weighted by atomic mass is 10.1. The Kier molecular flexibility index (Phi) is 4.14. The number of aromatic nitrogens is 1. The summed E-state index contributed by atoms with van der Waals surface area (Å²) in [5.74, 6) is 0.997. The molecule has 2 heterocycles. The van der Waals surface area contributed by atoms with E-state index in [0.717, 1.165) is 18.8 Å². The topological polar surface area (TPSA) is 62.3 Å². The summed E-state index contributed by atoms with van der Waals surface area (Å²) in [6.07, 6.45) is 2.44. The van der Waals surface area contributed by atoms with E-state index in [0.29, 0.717) is 18.7 Å². The van der Waals surface area contributed by atoms with E-state index in [2.05, 4.69) is 15.2 Å². The number of nitrogens with zero attached hydrogens (tertiary/aromatic N) is 2. The molecule has 102 valence electrons. The van der Waals surface area contributed by atoms with Gasteiger partial charge >= 0.3 is 0 Å². The molecule has 0 bridgehead atoms. The molecular weight excluding hydrogens is 242 g/mol. The molecular formula is C14H19N3O2. The second kappa shape index (κ2) is 5.82. The Labute approximate surface area is 113 Å². The van der Waals surface area contributed by atoms with Crippen molar-refractivity contribution in [1.29, 1.82) is 0 Å². The highest BCUT2D eigenvalue weighted by Crippen LogP contribution is 2.22. The summed E-state index contributed by atoms with van der Waals surface area (Å²) in [5, 5.41) is 2.85. The molecule has 19 heavy (non-hydrogen) atoms. The summed E-state index contributed by atoms with van der Waals surface area (Å²) in [6.45, 7) is 5.64. The number of rotatable bonds is 4. The second-order valence-electron chi connectivity index (χ2n) is 4.79. The average Bonchev–Trinajstić information content (AvgIpc) is 2.89. The van der Waals surface area contributed by atoms with Gasteiger partial charge in [-0.2, -0.15) is 0 Å². The molecule has 0 aromatic carbocycles. The molecule has 1 atom stereocenters. The number of ketones is 1. The Morgan fingerprint density at radius 1 is 1.47 bits per heavy atom. The van der Waals surface area contributed by atoms with Gasteiger partial charge in [0.1, 0.15) is 5.82 Å². The van der Waals surface area contributed by atoms with Gasteiger partial charge in [-0.15, -0.1) is 0 Å². The largest absolute Gasteiger partial charge is 0.356 e. The first-order valence-electron chi connectivity index (χ1n) is 6.61. The number of Topliss-reactive ketones (excluding diaryl/α,β-unsaturated/α-hetero) is 1. The van der Waals surface area contributed by atoms with Gasteiger partial charge in [0.25, 0.3) is 0 Å². The standard InChI is InChI=1S/C14H19N3O2/c1-3-15-14(19)12-6-7-17(9-12)13-5-4-11(8-16-13)10(2)18/h4-5,8,12H,3,6-7,9H2,1-2H3,(H,15,19). The summed E-state index contributed by atoms with van der Waals surface area (Å²) in [5.41, 5.74) is 0.614. The molecule has 1 unspecified atom stereocenters. The van der Waals surface area contributed by atoms with Crippen LogP contribution >= 0.6 is 0 Å². The zero-order valence-electron chi connectivity index (χ0n) is 11.3. The van der Waals surface area contributed by atoms with E-state index < -0.39 is 0 Å². The molecule has 1 saturated heterocycles. The Morgan fingerprint density at radius 3 is 2.84 bits per heavy atom. The molecule has 2 rings (SSSR count). The van der Waals surface area contributed by atoms with Crippen LogP contribution in [0.3, 0.4) is 0 Å². The number of hydrogen-bond acceptors (Lipinski definition) is 4. The molecule has 0 aliphatic carbocycles. The molecule has 1 aromatic heterocycles. The molecule has 1 aromatic rings. The molecule has 0 saturated carbocycles. The van der Waals surface area contributed by atoms with Gasteiger partial charge in [0, 0.05) is 31.4 Å². The number of carbonyl (C=O) groups excluding carboxylic acids is 2. The second-order valence-corrected chi connectivity index (χ2v) is 4.79. The Morgan fingerprint density at radius 2 is 2.26 bits per heavy atom. The van der Waals surface area contributed by atoms with Crippen molar-refractivity contribution in [2.24, 2.45) is 5.92 Å². The van der Waals surface area contributed by atoms with Crippen LogP contribution in [0.25, 0.3) is 0 Å². The lowest BCUT2D eigenvalue weighted by Crippen LogP contribution is -2.32.